The third kappa shape index (κ3) is 2.38. The molecule has 1 aromatic carbocycles. The third-order valence-electron chi connectivity index (χ3n) is 3.97. The molecule has 2 heterocycles. The maximum Gasteiger partial charge on any atom is 0.0952 e. The Morgan fingerprint density at radius 2 is 2.21 bits per heavy atom. The van der Waals surface area contributed by atoms with Crippen LogP contribution in [0.5, 0.6) is 0 Å². The molecule has 0 saturated carbocycles. The summed E-state index contributed by atoms with van der Waals surface area (Å²) in [5.74, 6) is 0. The minimum atomic E-state index is 0.181. The van der Waals surface area contributed by atoms with E-state index >= 15 is 0 Å². The van der Waals surface area contributed by atoms with Crippen LogP contribution in [0.2, 0.25) is 0 Å². The summed E-state index contributed by atoms with van der Waals surface area (Å²) in [4.78, 5) is 2.47. The van der Waals surface area contributed by atoms with Crippen LogP contribution in [-0.4, -0.2) is 40.4 Å². The molecule has 0 N–H and O–H groups in total. The van der Waals surface area contributed by atoms with Gasteiger partial charge in [-0.05, 0) is 31.5 Å². The fourth-order valence-corrected chi connectivity index (χ4v) is 2.72. The molecule has 1 aromatic heterocycles. The average Bonchev–Trinajstić information content (AvgIpc) is 2.80. The molecule has 0 aliphatic carbocycles. The van der Waals surface area contributed by atoms with Gasteiger partial charge in [-0.1, -0.05) is 6.07 Å². The van der Waals surface area contributed by atoms with Gasteiger partial charge in [-0.2, -0.15) is 5.10 Å². The predicted molar refractivity (Wildman–Crippen MR) is 76.1 cm³/mol. The number of ether oxygens (including phenoxy) is 1. The van der Waals surface area contributed by atoms with E-state index in [1.807, 2.05) is 17.9 Å². The minimum absolute atomic E-state index is 0.181. The van der Waals surface area contributed by atoms with Crippen molar-refractivity contribution in [2.24, 2.45) is 7.05 Å². The Labute approximate surface area is 114 Å². The number of aromatic nitrogens is 2. The van der Waals surface area contributed by atoms with Crippen molar-refractivity contribution in [3.8, 4) is 0 Å². The summed E-state index contributed by atoms with van der Waals surface area (Å²) in [7, 11) is 1.97. The van der Waals surface area contributed by atoms with Crippen LogP contribution in [0.3, 0.4) is 0 Å². The van der Waals surface area contributed by atoms with Crippen LogP contribution in [0.25, 0.3) is 10.9 Å². The number of hydrogen-bond donors (Lipinski definition) is 0. The van der Waals surface area contributed by atoms with Gasteiger partial charge in [0.25, 0.3) is 0 Å². The second-order valence-corrected chi connectivity index (χ2v) is 5.53. The summed E-state index contributed by atoms with van der Waals surface area (Å²) >= 11 is 0. The van der Waals surface area contributed by atoms with Gasteiger partial charge in [0, 0.05) is 31.6 Å². The summed E-state index contributed by atoms with van der Waals surface area (Å²) in [6, 6.07) is 7.08. The van der Waals surface area contributed by atoms with E-state index in [-0.39, 0.29) is 6.10 Å². The molecule has 3 rings (SSSR count). The molecule has 19 heavy (non-hydrogen) atoms. The quantitative estimate of drug-likeness (QED) is 0.829. The molecule has 102 valence electrons. The third-order valence-corrected chi connectivity index (χ3v) is 3.97. The van der Waals surface area contributed by atoms with Gasteiger partial charge in [0.15, 0.2) is 0 Å². The molecule has 1 atom stereocenters. The molecule has 0 bridgehead atoms. The van der Waals surface area contributed by atoms with Gasteiger partial charge >= 0.3 is 0 Å². The van der Waals surface area contributed by atoms with Gasteiger partial charge in [0.05, 0.1) is 24.4 Å². The van der Waals surface area contributed by atoms with Crippen LogP contribution >= 0.6 is 0 Å². The van der Waals surface area contributed by atoms with Crippen molar-refractivity contribution in [3.05, 3.63) is 30.0 Å². The smallest absolute Gasteiger partial charge is 0.0952 e. The van der Waals surface area contributed by atoms with Gasteiger partial charge in [-0.25, -0.2) is 0 Å². The maximum atomic E-state index is 5.93. The highest BCUT2D eigenvalue weighted by atomic mass is 16.5. The lowest BCUT2D eigenvalue weighted by Crippen LogP contribution is -2.42. The van der Waals surface area contributed by atoms with E-state index in [1.54, 1.807) is 0 Å². The lowest BCUT2D eigenvalue weighted by Gasteiger charge is -2.35. The molecule has 1 saturated heterocycles. The highest BCUT2D eigenvalue weighted by molar-refractivity contribution is 5.79. The fourth-order valence-electron chi connectivity index (χ4n) is 2.72. The summed E-state index contributed by atoms with van der Waals surface area (Å²) in [5.41, 5.74) is 2.42. The van der Waals surface area contributed by atoms with Crippen LogP contribution in [0.15, 0.2) is 24.4 Å². The summed E-state index contributed by atoms with van der Waals surface area (Å²) in [6.07, 6.45) is 2.10. The van der Waals surface area contributed by atoms with Gasteiger partial charge in [-0.15, -0.1) is 0 Å². The number of aryl methyl sites for hydroxylation is 1. The van der Waals surface area contributed by atoms with Gasteiger partial charge in [0.1, 0.15) is 0 Å². The Balaban J connectivity index is 1.87. The maximum absolute atomic E-state index is 5.93. The van der Waals surface area contributed by atoms with Crippen molar-refractivity contribution in [1.82, 2.24) is 14.7 Å². The second kappa shape index (κ2) is 4.94. The van der Waals surface area contributed by atoms with Crippen molar-refractivity contribution in [1.29, 1.82) is 0 Å². The normalized spacial score (nSPS) is 21.4. The van der Waals surface area contributed by atoms with E-state index in [1.165, 1.54) is 16.5 Å². The lowest BCUT2D eigenvalue weighted by molar-refractivity contribution is -0.0401. The zero-order chi connectivity index (χ0) is 13.4. The Kier molecular flexibility index (Phi) is 3.29. The number of benzene rings is 1. The number of nitrogens with zero attached hydrogens (tertiary/aromatic N) is 3. The van der Waals surface area contributed by atoms with Crippen LogP contribution < -0.4 is 0 Å². The Morgan fingerprint density at radius 1 is 1.37 bits per heavy atom. The summed E-state index contributed by atoms with van der Waals surface area (Å²) in [5, 5.41) is 5.48. The van der Waals surface area contributed by atoms with Crippen molar-refractivity contribution < 1.29 is 4.74 Å². The van der Waals surface area contributed by atoms with Crippen LogP contribution in [-0.2, 0) is 11.8 Å². The van der Waals surface area contributed by atoms with Crippen LogP contribution in [0.4, 0.5) is 0 Å². The molecule has 1 aliphatic heterocycles. The van der Waals surface area contributed by atoms with Gasteiger partial charge < -0.3 is 4.74 Å². The molecule has 2 aromatic rings. The van der Waals surface area contributed by atoms with Gasteiger partial charge in [0.2, 0.25) is 0 Å². The van der Waals surface area contributed by atoms with E-state index in [4.69, 9.17) is 4.74 Å². The Hall–Kier alpha value is -1.39. The van der Waals surface area contributed by atoms with Crippen molar-refractivity contribution in [2.45, 2.75) is 26.0 Å². The molecule has 1 fully saturated rings. The Morgan fingerprint density at radius 3 is 3.00 bits per heavy atom. The molecule has 0 unspecified atom stereocenters. The van der Waals surface area contributed by atoms with Gasteiger partial charge in [-0.3, -0.25) is 9.58 Å². The molecule has 0 radical (unpaired) electrons. The summed E-state index contributed by atoms with van der Waals surface area (Å²) < 4.78 is 7.84. The van der Waals surface area contributed by atoms with E-state index in [2.05, 4.69) is 42.0 Å². The van der Waals surface area contributed by atoms with Crippen LogP contribution in [0.1, 0.15) is 25.5 Å². The first-order valence-electron chi connectivity index (χ1n) is 6.92. The number of morpholine rings is 1. The number of hydrogen-bond acceptors (Lipinski definition) is 3. The Bertz CT molecular complexity index is 576. The number of rotatable bonds is 2. The molecular formula is C15H21N3O. The zero-order valence-electron chi connectivity index (χ0n) is 11.8. The largest absolute Gasteiger partial charge is 0.371 e. The minimum Gasteiger partial charge on any atom is -0.371 e. The SMILES string of the molecule is CC(C)N1CCO[C@H](c2ccc3c(cnn3C)c2)C1. The highest BCUT2D eigenvalue weighted by Gasteiger charge is 2.23. The topological polar surface area (TPSA) is 30.3 Å². The van der Waals surface area contributed by atoms with E-state index in [0.29, 0.717) is 6.04 Å². The van der Waals surface area contributed by atoms with Crippen molar-refractivity contribution >= 4 is 10.9 Å². The van der Waals surface area contributed by atoms with Crippen molar-refractivity contribution in [2.75, 3.05) is 19.7 Å². The lowest BCUT2D eigenvalue weighted by atomic mass is 10.1. The number of fused-ring (bicyclic) bond motifs is 1. The first-order valence-corrected chi connectivity index (χ1v) is 6.92. The average molecular weight is 259 g/mol. The molecule has 0 amide bonds. The van der Waals surface area contributed by atoms with E-state index < -0.39 is 0 Å². The highest BCUT2D eigenvalue weighted by Crippen LogP contribution is 2.26. The van der Waals surface area contributed by atoms with Crippen LogP contribution in [0, 0.1) is 0 Å². The van der Waals surface area contributed by atoms with E-state index in [9.17, 15) is 0 Å². The molecule has 4 nitrogen and oxygen atoms in total. The van der Waals surface area contributed by atoms with Crippen molar-refractivity contribution in [3.63, 3.8) is 0 Å². The van der Waals surface area contributed by atoms with E-state index in [0.717, 1.165) is 19.7 Å². The monoisotopic (exact) mass is 259 g/mol. The molecule has 1 aliphatic rings. The zero-order valence-corrected chi connectivity index (χ0v) is 11.8. The first kappa shape index (κ1) is 12.6. The molecule has 4 heteroatoms. The second-order valence-electron chi connectivity index (χ2n) is 5.53. The summed E-state index contributed by atoms with van der Waals surface area (Å²) in [6.45, 7) is 7.31. The predicted octanol–water partition coefficient (Wildman–Crippen LogP) is 2.36. The first-order chi connectivity index (χ1) is 9.15. The molecular weight excluding hydrogens is 238 g/mol. The fraction of sp³-hybridized carbons (Fsp3) is 0.533. The standard InChI is InChI=1S/C15H21N3O/c1-11(2)18-6-7-19-15(10-18)12-4-5-14-13(8-12)9-16-17(14)3/h4-5,8-9,11,15H,6-7,10H2,1-3H3/t15-/m0/s1. The molecule has 0 spiro atoms.